The average Bonchev–Trinajstić information content (AvgIpc) is 3.42. The molecule has 2 aliphatic heterocycles. The highest BCUT2D eigenvalue weighted by molar-refractivity contribution is 5.90. The van der Waals surface area contributed by atoms with Crippen LogP contribution in [0.4, 0.5) is 0 Å². The van der Waals surface area contributed by atoms with E-state index < -0.39 is 139 Å². The van der Waals surface area contributed by atoms with Crippen molar-refractivity contribution in [2.75, 3.05) is 20.7 Å². The highest BCUT2D eigenvalue weighted by atomic mass is 16.7. The standard InChI is InChI=1S/C60H105N3O18/c1-35(19-15-13-11-12-14-18-26-63-59(61)62-9)27-39(5)56-38(4)20-16-17-21-46(65)40(6)50(69)29-43(64)28-44(79-55(75)33-54(73)74)30-45-31-52(71)57(76)60(78-10,81-45)34-53(72)37(3)23-24-47(66)41(7)51(70)32-49(68)36(2)22-25-48(67)42(8)58(77)80-56/h11-12,16-17,20-22,25,35-53,56-57,64-72,76H,13-15,18-19,23-24,26-34H2,1-10H3,(H,73,74)(H3,61,62,63). The number of cyclic esters (lactones) is 1. The molecule has 0 spiro atoms. The first-order chi connectivity index (χ1) is 38.0. The lowest BCUT2D eigenvalue weighted by molar-refractivity contribution is -0.343. The van der Waals surface area contributed by atoms with Gasteiger partial charge < -0.3 is 86.2 Å². The number of nitrogens with one attached hydrogen (secondary N) is 1. The molecule has 2 bridgehead atoms. The number of nitrogens with two attached hydrogens (primary N) is 1. The van der Waals surface area contributed by atoms with Crippen LogP contribution in [0.3, 0.4) is 0 Å². The Kier molecular flexibility index (Phi) is 33.9. The lowest BCUT2D eigenvalue weighted by Crippen LogP contribution is -2.61. The van der Waals surface area contributed by atoms with Crippen LogP contribution in [-0.2, 0) is 33.3 Å². The lowest BCUT2D eigenvalue weighted by Gasteiger charge is -2.47. The predicted octanol–water partition coefficient (Wildman–Crippen LogP) is 3.96. The number of aliphatic hydroxyl groups excluding tert-OH is 10. The van der Waals surface area contributed by atoms with Gasteiger partial charge in [0.1, 0.15) is 24.7 Å². The van der Waals surface area contributed by atoms with Crippen molar-refractivity contribution in [3.05, 3.63) is 48.6 Å². The number of carboxylic acid groups (broad SMARTS) is 1. The molecule has 21 heteroatoms. The van der Waals surface area contributed by atoms with Crippen LogP contribution in [0.2, 0.25) is 0 Å². The van der Waals surface area contributed by atoms with Gasteiger partial charge in [0.25, 0.3) is 0 Å². The molecular weight excluding hydrogens is 1050 g/mol. The van der Waals surface area contributed by atoms with Gasteiger partial charge in [0, 0.05) is 76.5 Å². The Morgan fingerprint density at radius 2 is 1.41 bits per heavy atom. The Morgan fingerprint density at radius 1 is 0.765 bits per heavy atom. The minimum atomic E-state index is -2.00. The zero-order valence-electron chi connectivity index (χ0n) is 49.9. The van der Waals surface area contributed by atoms with Crippen molar-refractivity contribution in [2.24, 2.45) is 58.1 Å². The first-order valence-electron chi connectivity index (χ1n) is 29.4. The number of rotatable bonds is 15. The molecule has 14 N–H and O–H groups in total. The van der Waals surface area contributed by atoms with Gasteiger partial charge in [0.2, 0.25) is 0 Å². The second-order valence-electron chi connectivity index (χ2n) is 23.5. The van der Waals surface area contributed by atoms with Gasteiger partial charge in [-0.25, -0.2) is 0 Å². The van der Waals surface area contributed by atoms with Crippen LogP contribution in [0, 0.1) is 47.3 Å². The van der Waals surface area contributed by atoms with E-state index >= 15 is 0 Å². The molecule has 1 saturated heterocycles. The van der Waals surface area contributed by atoms with Gasteiger partial charge in [-0.15, -0.1) is 0 Å². The summed E-state index contributed by atoms with van der Waals surface area (Å²) in [6.07, 6.45) is 1.39. The van der Waals surface area contributed by atoms with Gasteiger partial charge >= 0.3 is 17.9 Å². The van der Waals surface area contributed by atoms with Crippen molar-refractivity contribution >= 4 is 23.9 Å². The number of unbranched alkanes of at least 4 members (excludes halogenated alkanes) is 2. The molecule has 0 aliphatic carbocycles. The third-order valence-electron chi connectivity index (χ3n) is 16.5. The number of nitrogens with zero attached hydrogens (tertiary/aromatic N) is 1. The molecule has 1 fully saturated rings. The molecule has 0 amide bonds. The summed E-state index contributed by atoms with van der Waals surface area (Å²) < 4.78 is 23.7. The number of aliphatic imine (C=N–C) groups is 1. The van der Waals surface area contributed by atoms with Crippen LogP contribution < -0.4 is 11.1 Å². The number of fused-ring (bicyclic) bond motifs is 2. The third kappa shape index (κ3) is 26.3. The van der Waals surface area contributed by atoms with E-state index in [2.05, 4.69) is 29.4 Å². The summed E-state index contributed by atoms with van der Waals surface area (Å²) in [4.78, 5) is 41.9. The van der Waals surface area contributed by atoms with Crippen molar-refractivity contribution in [2.45, 2.75) is 237 Å². The van der Waals surface area contributed by atoms with E-state index in [1.165, 1.54) is 19.3 Å². The number of hydrogen-bond donors (Lipinski definition) is 13. The number of allylic oxidation sites excluding steroid dienone is 4. The molecule has 2 aliphatic rings. The van der Waals surface area contributed by atoms with Crippen LogP contribution >= 0.6 is 0 Å². The summed E-state index contributed by atoms with van der Waals surface area (Å²) in [6.45, 7) is 15.0. The number of esters is 2. The molecule has 21 nitrogen and oxygen atoms in total. The maximum absolute atomic E-state index is 13.9. The minimum absolute atomic E-state index is 0.115. The quantitative estimate of drug-likeness (QED) is 0.0276. The van der Waals surface area contributed by atoms with E-state index in [1.54, 1.807) is 59.9 Å². The van der Waals surface area contributed by atoms with Crippen molar-refractivity contribution in [3.8, 4) is 0 Å². The van der Waals surface area contributed by atoms with E-state index in [9.17, 15) is 70.6 Å². The van der Waals surface area contributed by atoms with E-state index in [0.717, 1.165) is 45.1 Å². The molecule has 468 valence electrons. The van der Waals surface area contributed by atoms with Gasteiger partial charge in [0.05, 0.1) is 67.0 Å². The Morgan fingerprint density at radius 3 is 2.05 bits per heavy atom. The van der Waals surface area contributed by atoms with Gasteiger partial charge in [-0.2, -0.15) is 0 Å². The van der Waals surface area contributed by atoms with E-state index in [-0.39, 0.29) is 69.1 Å². The Labute approximate surface area is 481 Å². The van der Waals surface area contributed by atoms with Gasteiger partial charge in [-0.3, -0.25) is 19.4 Å². The number of carbonyl (C=O) groups is 3. The number of aliphatic carboxylic acids is 1. The smallest absolute Gasteiger partial charge is 0.317 e. The fourth-order valence-corrected chi connectivity index (χ4v) is 10.6. The molecule has 0 radical (unpaired) electrons. The highest BCUT2D eigenvalue weighted by Gasteiger charge is 2.52. The molecule has 0 aromatic rings. The number of aliphatic hydroxyl groups is 10. The number of carboxylic acids is 1. The first kappa shape index (κ1) is 73.3. The summed E-state index contributed by atoms with van der Waals surface area (Å²) in [6, 6.07) is 0. The molecule has 81 heavy (non-hydrogen) atoms. The normalized spacial score (nSPS) is 37.4. The van der Waals surface area contributed by atoms with Gasteiger partial charge in [-0.1, -0.05) is 103 Å². The monoisotopic (exact) mass is 1160 g/mol. The summed E-state index contributed by atoms with van der Waals surface area (Å²) in [5, 5.41) is 125. The number of hydrogen-bond acceptors (Lipinski definition) is 18. The van der Waals surface area contributed by atoms with Crippen molar-refractivity contribution < 1.29 is 89.5 Å². The second-order valence-corrected chi connectivity index (χ2v) is 23.5. The van der Waals surface area contributed by atoms with Crippen LogP contribution in [0.5, 0.6) is 0 Å². The van der Waals surface area contributed by atoms with E-state index in [0.29, 0.717) is 5.96 Å². The summed E-state index contributed by atoms with van der Waals surface area (Å²) in [5.74, 6) is -8.66. The third-order valence-corrected chi connectivity index (χ3v) is 16.5. The van der Waals surface area contributed by atoms with Crippen LogP contribution in [0.15, 0.2) is 53.6 Å². The molecule has 2 rings (SSSR count). The summed E-state index contributed by atoms with van der Waals surface area (Å²) in [7, 11) is 2.85. The Balaban J connectivity index is 2.46. The highest BCUT2D eigenvalue weighted by Crippen LogP contribution is 2.38. The summed E-state index contributed by atoms with van der Waals surface area (Å²) >= 11 is 0. The molecule has 0 aromatic carbocycles. The maximum Gasteiger partial charge on any atom is 0.317 e. The molecular formula is C60H105N3O18. The zero-order chi connectivity index (χ0) is 61.1. The molecule has 22 atom stereocenters. The van der Waals surface area contributed by atoms with Crippen molar-refractivity contribution in [3.63, 3.8) is 0 Å². The number of guanidine groups is 1. The van der Waals surface area contributed by atoms with Crippen LogP contribution in [0.25, 0.3) is 0 Å². The number of methoxy groups -OCH3 is 1. The number of carbonyl (C=O) groups excluding carboxylic acids is 2. The number of ether oxygens (including phenoxy) is 4. The minimum Gasteiger partial charge on any atom is -0.481 e. The molecule has 22 unspecified atom stereocenters. The largest absolute Gasteiger partial charge is 0.481 e. The zero-order valence-corrected chi connectivity index (χ0v) is 49.9. The maximum atomic E-state index is 13.9. The second kappa shape index (κ2) is 37.5. The van der Waals surface area contributed by atoms with Crippen LogP contribution in [-0.4, -0.2) is 186 Å². The SMILES string of the molecule is CN=C(N)NCCCC=CCCCC(C)CC(C)C1OC(=O)C(C)C(O)C=CC(C)C(O)CC(O)C(C)C(O)CCC(C)C(O)CC2(OC)OC(CC(OC(=O)CC(=O)O)CC(O)CC(O)C(C)C(O)C=CC=CC1C)CC(O)C2O. The van der Waals surface area contributed by atoms with Crippen molar-refractivity contribution in [1.82, 2.24) is 5.32 Å². The lowest BCUT2D eigenvalue weighted by atomic mass is 9.83. The van der Waals surface area contributed by atoms with Gasteiger partial charge in [0.15, 0.2) is 11.7 Å². The summed E-state index contributed by atoms with van der Waals surface area (Å²) in [5.41, 5.74) is 5.69. The molecule has 0 saturated carbocycles. The Hall–Kier alpha value is -3.84. The fourth-order valence-electron chi connectivity index (χ4n) is 10.6. The molecule has 0 aromatic heterocycles. The van der Waals surface area contributed by atoms with E-state index in [4.69, 9.17) is 24.7 Å². The average molecular weight is 1160 g/mol. The van der Waals surface area contributed by atoms with Crippen molar-refractivity contribution in [1.29, 1.82) is 0 Å². The van der Waals surface area contributed by atoms with Gasteiger partial charge in [-0.05, 0) is 76.0 Å². The van der Waals surface area contributed by atoms with Crippen LogP contribution in [0.1, 0.15) is 152 Å². The predicted molar refractivity (Wildman–Crippen MR) is 307 cm³/mol. The first-order valence-corrected chi connectivity index (χ1v) is 29.4. The Bertz CT molecular complexity index is 1970. The topological polar surface area (TPSA) is 361 Å². The van der Waals surface area contributed by atoms with E-state index in [1.807, 2.05) is 19.9 Å². The fraction of sp³-hybridized carbons (Fsp3) is 0.800. The molecule has 2 heterocycles.